The lowest BCUT2D eigenvalue weighted by Crippen LogP contribution is -2.14. The second-order valence-corrected chi connectivity index (χ2v) is 8.54. The SMILES string of the molecule is CCOC(=O)c1c2ccc3cn(Cc4ccc(Cl)cc4)nc3c2c(C)n1Cc1ccccc1. The molecular weight excluding hydrogens is 434 g/mol. The Kier molecular flexibility index (Phi) is 5.65. The van der Waals surface area contributed by atoms with Crippen molar-refractivity contribution in [1.29, 1.82) is 0 Å². The van der Waals surface area contributed by atoms with E-state index < -0.39 is 0 Å². The lowest BCUT2D eigenvalue weighted by atomic mass is 10.1. The lowest BCUT2D eigenvalue weighted by molar-refractivity contribution is 0.0516. The Morgan fingerprint density at radius 2 is 1.70 bits per heavy atom. The van der Waals surface area contributed by atoms with Gasteiger partial charge in [0.2, 0.25) is 0 Å². The van der Waals surface area contributed by atoms with E-state index in [2.05, 4.69) is 16.7 Å². The Balaban J connectivity index is 1.66. The van der Waals surface area contributed by atoms with Crippen LogP contribution < -0.4 is 0 Å². The van der Waals surface area contributed by atoms with Gasteiger partial charge in [0.1, 0.15) is 11.2 Å². The number of esters is 1. The summed E-state index contributed by atoms with van der Waals surface area (Å²) in [6, 6.07) is 22.0. The molecular formula is C27H24ClN3O2. The van der Waals surface area contributed by atoms with Crippen LogP contribution in [-0.2, 0) is 17.8 Å². The maximum Gasteiger partial charge on any atom is 0.355 e. The van der Waals surface area contributed by atoms with Gasteiger partial charge in [-0.25, -0.2) is 4.79 Å². The first-order chi connectivity index (χ1) is 16.0. The maximum absolute atomic E-state index is 13.0. The highest BCUT2D eigenvalue weighted by Gasteiger charge is 2.24. The van der Waals surface area contributed by atoms with Gasteiger partial charge >= 0.3 is 5.97 Å². The van der Waals surface area contributed by atoms with Crippen LogP contribution in [0.3, 0.4) is 0 Å². The van der Waals surface area contributed by atoms with Gasteiger partial charge < -0.3 is 9.30 Å². The minimum Gasteiger partial charge on any atom is -0.461 e. The minimum absolute atomic E-state index is 0.313. The minimum atomic E-state index is -0.313. The summed E-state index contributed by atoms with van der Waals surface area (Å²) in [4.78, 5) is 13.0. The predicted octanol–water partition coefficient (Wildman–Crippen LogP) is 6.23. The molecule has 5 nitrogen and oxygen atoms in total. The molecule has 0 aliphatic heterocycles. The Labute approximate surface area is 197 Å². The third-order valence-corrected chi connectivity index (χ3v) is 6.18. The fourth-order valence-electron chi connectivity index (χ4n) is 4.39. The average molecular weight is 458 g/mol. The first-order valence-corrected chi connectivity index (χ1v) is 11.4. The summed E-state index contributed by atoms with van der Waals surface area (Å²) in [5, 5.41) is 8.51. The van der Waals surface area contributed by atoms with Gasteiger partial charge in [-0.15, -0.1) is 0 Å². The maximum atomic E-state index is 13.0. The highest BCUT2D eigenvalue weighted by Crippen LogP contribution is 2.33. The number of carbonyl (C=O) groups excluding carboxylic acids is 1. The molecule has 0 fully saturated rings. The molecule has 2 heterocycles. The highest BCUT2D eigenvalue weighted by molar-refractivity contribution is 6.30. The van der Waals surface area contributed by atoms with Crippen LogP contribution in [-0.4, -0.2) is 26.9 Å². The quantitative estimate of drug-likeness (QED) is 0.284. The second-order valence-electron chi connectivity index (χ2n) is 8.11. The molecule has 166 valence electrons. The first kappa shape index (κ1) is 21.3. The third kappa shape index (κ3) is 4.00. The summed E-state index contributed by atoms with van der Waals surface area (Å²) in [6.45, 7) is 5.43. The zero-order valence-corrected chi connectivity index (χ0v) is 19.3. The number of hydrogen-bond acceptors (Lipinski definition) is 3. The van der Waals surface area contributed by atoms with Crippen LogP contribution in [0.15, 0.2) is 72.9 Å². The molecule has 0 atom stereocenters. The summed E-state index contributed by atoms with van der Waals surface area (Å²) in [7, 11) is 0. The van der Waals surface area contributed by atoms with Gasteiger partial charge in [-0.2, -0.15) is 5.10 Å². The highest BCUT2D eigenvalue weighted by atomic mass is 35.5. The average Bonchev–Trinajstić information content (AvgIpc) is 3.34. The molecule has 0 spiro atoms. The van der Waals surface area contributed by atoms with Crippen molar-refractivity contribution in [2.24, 2.45) is 0 Å². The van der Waals surface area contributed by atoms with Crippen LogP contribution in [0.5, 0.6) is 0 Å². The number of fused-ring (bicyclic) bond motifs is 3. The second kappa shape index (κ2) is 8.75. The molecule has 6 heteroatoms. The summed E-state index contributed by atoms with van der Waals surface area (Å²) in [6.07, 6.45) is 2.04. The van der Waals surface area contributed by atoms with Gasteiger partial charge in [0, 0.05) is 39.6 Å². The zero-order valence-electron chi connectivity index (χ0n) is 18.6. The van der Waals surface area contributed by atoms with Gasteiger partial charge in [-0.3, -0.25) is 4.68 Å². The topological polar surface area (TPSA) is 49.1 Å². The number of ether oxygens (including phenoxy) is 1. The molecule has 0 N–H and O–H groups in total. The number of benzene rings is 3. The summed E-state index contributed by atoms with van der Waals surface area (Å²) >= 11 is 6.02. The molecule has 0 aliphatic rings. The van der Waals surface area contributed by atoms with E-state index in [-0.39, 0.29) is 5.97 Å². The van der Waals surface area contributed by atoms with E-state index in [0.717, 1.165) is 38.5 Å². The van der Waals surface area contributed by atoms with Gasteiger partial charge in [0.25, 0.3) is 0 Å². The standard InChI is InChI=1S/C27H24ClN3O2/c1-3-33-27(32)26-23-14-11-21-17-30(15-20-9-12-22(28)13-10-20)29-25(21)24(23)18(2)31(26)16-19-7-5-4-6-8-19/h4-14,17H,3,15-16H2,1-2H3. The largest absolute Gasteiger partial charge is 0.461 e. The van der Waals surface area contributed by atoms with Crippen LogP contribution in [0.2, 0.25) is 5.02 Å². The summed E-state index contributed by atoms with van der Waals surface area (Å²) in [5.41, 5.74) is 4.70. The Hall–Kier alpha value is -3.57. The van der Waals surface area contributed by atoms with Gasteiger partial charge in [-0.1, -0.05) is 66.2 Å². The molecule has 0 saturated heterocycles. The van der Waals surface area contributed by atoms with Gasteiger partial charge in [0.05, 0.1) is 13.2 Å². The number of aryl methyl sites for hydroxylation is 1. The van der Waals surface area contributed by atoms with E-state index in [4.69, 9.17) is 21.4 Å². The normalized spacial score (nSPS) is 11.4. The van der Waals surface area contributed by atoms with Crippen LogP contribution in [0.4, 0.5) is 0 Å². The van der Waals surface area contributed by atoms with Crippen molar-refractivity contribution in [3.05, 3.63) is 100 Å². The predicted molar refractivity (Wildman–Crippen MR) is 132 cm³/mol. The molecule has 33 heavy (non-hydrogen) atoms. The number of carbonyl (C=O) groups is 1. The van der Waals surface area contributed by atoms with Crippen LogP contribution >= 0.6 is 11.6 Å². The molecule has 5 aromatic rings. The third-order valence-electron chi connectivity index (χ3n) is 5.93. The van der Waals surface area contributed by atoms with Gasteiger partial charge in [-0.05, 0) is 37.1 Å². The van der Waals surface area contributed by atoms with Crippen LogP contribution in [0.25, 0.3) is 21.7 Å². The molecule has 2 aromatic heterocycles. The summed E-state index contributed by atoms with van der Waals surface area (Å²) < 4.78 is 9.42. The van der Waals surface area contributed by atoms with E-state index in [1.807, 2.05) is 79.3 Å². The molecule has 0 amide bonds. The zero-order chi connectivity index (χ0) is 22.9. The first-order valence-electron chi connectivity index (χ1n) is 11.0. The van der Waals surface area contributed by atoms with Crippen molar-refractivity contribution in [3.8, 4) is 0 Å². The van der Waals surface area contributed by atoms with Crippen molar-refractivity contribution in [2.75, 3.05) is 6.61 Å². The van der Waals surface area contributed by atoms with E-state index in [1.165, 1.54) is 0 Å². The monoisotopic (exact) mass is 457 g/mol. The number of nitrogens with zero attached hydrogens (tertiary/aromatic N) is 3. The van der Waals surface area contributed by atoms with Crippen molar-refractivity contribution >= 4 is 39.2 Å². The van der Waals surface area contributed by atoms with Crippen LogP contribution in [0, 0.1) is 6.92 Å². The summed E-state index contributed by atoms with van der Waals surface area (Å²) in [5.74, 6) is -0.313. The molecule has 0 saturated carbocycles. The van der Waals surface area contributed by atoms with E-state index in [1.54, 1.807) is 0 Å². The van der Waals surface area contributed by atoms with E-state index in [0.29, 0.717) is 30.4 Å². The molecule has 5 rings (SSSR count). The van der Waals surface area contributed by atoms with Crippen LogP contribution in [0.1, 0.15) is 34.2 Å². The number of halogens is 1. The smallest absolute Gasteiger partial charge is 0.355 e. The number of aromatic nitrogens is 3. The Bertz CT molecular complexity index is 1450. The molecule has 0 radical (unpaired) electrons. The Morgan fingerprint density at radius 1 is 0.970 bits per heavy atom. The lowest BCUT2D eigenvalue weighted by Gasteiger charge is -2.11. The number of rotatable bonds is 6. The number of hydrogen-bond donors (Lipinski definition) is 0. The Morgan fingerprint density at radius 3 is 2.42 bits per heavy atom. The van der Waals surface area contributed by atoms with Crippen molar-refractivity contribution in [3.63, 3.8) is 0 Å². The fourth-order valence-corrected chi connectivity index (χ4v) is 4.52. The van der Waals surface area contributed by atoms with E-state index >= 15 is 0 Å². The fraction of sp³-hybridized carbons (Fsp3) is 0.185. The van der Waals surface area contributed by atoms with E-state index in [9.17, 15) is 4.79 Å². The van der Waals surface area contributed by atoms with Crippen molar-refractivity contribution in [2.45, 2.75) is 26.9 Å². The van der Waals surface area contributed by atoms with Crippen molar-refractivity contribution in [1.82, 2.24) is 14.3 Å². The molecule has 3 aromatic carbocycles. The molecule has 0 unspecified atom stereocenters. The van der Waals surface area contributed by atoms with Crippen molar-refractivity contribution < 1.29 is 9.53 Å². The van der Waals surface area contributed by atoms with Gasteiger partial charge in [0.15, 0.2) is 0 Å². The molecule has 0 aliphatic carbocycles. The molecule has 0 bridgehead atoms.